The number of ether oxygens (including phenoxy) is 2. The SMILES string of the molecule is CCNC1COCC1c1nc(C2(C)CCCO2)no1. The molecule has 2 saturated heterocycles. The predicted octanol–water partition coefficient (Wildman–Crippen LogP) is 1.19. The first-order chi connectivity index (χ1) is 9.23. The van der Waals surface area contributed by atoms with Crippen LogP contribution in [-0.4, -0.2) is 42.5 Å². The Labute approximate surface area is 112 Å². The van der Waals surface area contributed by atoms with Crippen LogP contribution in [0.15, 0.2) is 4.52 Å². The lowest BCUT2D eigenvalue weighted by Crippen LogP contribution is -2.34. The molecule has 0 saturated carbocycles. The van der Waals surface area contributed by atoms with E-state index in [0.29, 0.717) is 24.9 Å². The second-order valence-electron chi connectivity index (χ2n) is 5.45. The van der Waals surface area contributed by atoms with E-state index in [1.807, 2.05) is 6.92 Å². The van der Waals surface area contributed by atoms with Crippen molar-refractivity contribution in [1.29, 1.82) is 0 Å². The van der Waals surface area contributed by atoms with E-state index in [2.05, 4.69) is 22.4 Å². The Hall–Kier alpha value is -0.980. The molecular weight excluding hydrogens is 246 g/mol. The van der Waals surface area contributed by atoms with Gasteiger partial charge in [-0.15, -0.1) is 0 Å². The molecule has 2 aliphatic rings. The zero-order valence-electron chi connectivity index (χ0n) is 11.5. The number of aromatic nitrogens is 2. The first kappa shape index (κ1) is 13.0. The summed E-state index contributed by atoms with van der Waals surface area (Å²) in [4.78, 5) is 4.56. The molecule has 2 fully saturated rings. The van der Waals surface area contributed by atoms with Crippen molar-refractivity contribution in [2.45, 2.75) is 44.2 Å². The minimum Gasteiger partial charge on any atom is -0.379 e. The number of rotatable bonds is 4. The molecule has 3 heterocycles. The van der Waals surface area contributed by atoms with Gasteiger partial charge in [0.1, 0.15) is 5.60 Å². The van der Waals surface area contributed by atoms with Crippen LogP contribution < -0.4 is 5.32 Å². The third kappa shape index (κ3) is 2.40. The highest BCUT2D eigenvalue weighted by Gasteiger charge is 2.39. The standard InChI is InChI=1S/C13H21N3O3/c1-3-14-10-8-17-7-9(10)11-15-12(16-19-11)13(2)5-4-6-18-13/h9-10,14H,3-8H2,1-2H3. The third-order valence-corrected chi connectivity index (χ3v) is 4.00. The van der Waals surface area contributed by atoms with Crippen LogP contribution in [-0.2, 0) is 15.1 Å². The highest BCUT2D eigenvalue weighted by Crippen LogP contribution is 2.35. The fraction of sp³-hybridized carbons (Fsp3) is 0.846. The molecule has 1 N–H and O–H groups in total. The van der Waals surface area contributed by atoms with Crippen molar-refractivity contribution in [3.63, 3.8) is 0 Å². The fourth-order valence-corrected chi connectivity index (χ4v) is 2.82. The summed E-state index contributed by atoms with van der Waals surface area (Å²) in [5.74, 6) is 1.48. The normalized spacial score (nSPS) is 35.1. The van der Waals surface area contributed by atoms with Gasteiger partial charge in [-0.2, -0.15) is 4.98 Å². The van der Waals surface area contributed by atoms with Crippen LogP contribution in [0, 0.1) is 0 Å². The fourth-order valence-electron chi connectivity index (χ4n) is 2.82. The van der Waals surface area contributed by atoms with Gasteiger partial charge in [0.15, 0.2) is 0 Å². The van der Waals surface area contributed by atoms with Crippen molar-refractivity contribution >= 4 is 0 Å². The number of likely N-dealkylation sites (N-methyl/N-ethyl adjacent to an activating group) is 1. The molecule has 3 atom stereocenters. The first-order valence-electron chi connectivity index (χ1n) is 7.02. The lowest BCUT2D eigenvalue weighted by molar-refractivity contribution is 0.00768. The second kappa shape index (κ2) is 5.19. The molecule has 0 bridgehead atoms. The van der Waals surface area contributed by atoms with Gasteiger partial charge in [0.05, 0.1) is 19.1 Å². The molecule has 6 nitrogen and oxygen atoms in total. The molecule has 19 heavy (non-hydrogen) atoms. The van der Waals surface area contributed by atoms with Crippen molar-refractivity contribution in [3.05, 3.63) is 11.7 Å². The Bertz CT molecular complexity index is 429. The highest BCUT2D eigenvalue weighted by atomic mass is 16.5. The quantitative estimate of drug-likeness (QED) is 0.883. The second-order valence-corrected chi connectivity index (χ2v) is 5.45. The summed E-state index contributed by atoms with van der Waals surface area (Å²) >= 11 is 0. The number of nitrogens with zero attached hydrogens (tertiary/aromatic N) is 2. The Morgan fingerprint density at radius 2 is 2.32 bits per heavy atom. The lowest BCUT2D eigenvalue weighted by atomic mass is 10.0. The van der Waals surface area contributed by atoms with Crippen LogP contribution in [0.4, 0.5) is 0 Å². The maximum atomic E-state index is 5.74. The summed E-state index contributed by atoms with van der Waals surface area (Å²) in [5.41, 5.74) is -0.380. The summed E-state index contributed by atoms with van der Waals surface area (Å²) in [6.07, 6.45) is 2.00. The molecule has 0 radical (unpaired) electrons. The third-order valence-electron chi connectivity index (χ3n) is 4.00. The van der Waals surface area contributed by atoms with E-state index in [9.17, 15) is 0 Å². The smallest absolute Gasteiger partial charge is 0.233 e. The minimum absolute atomic E-state index is 0.145. The van der Waals surface area contributed by atoms with Crippen molar-refractivity contribution < 1.29 is 14.0 Å². The highest BCUT2D eigenvalue weighted by molar-refractivity contribution is 5.07. The topological polar surface area (TPSA) is 69.4 Å². The maximum Gasteiger partial charge on any atom is 0.233 e. The van der Waals surface area contributed by atoms with Crippen LogP contribution >= 0.6 is 0 Å². The molecule has 0 amide bonds. The van der Waals surface area contributed by atoms with Crippen LogP contribution in [0.2, 0.25) is 0 Å². The number of nitrogens with one attached hydrogen (secondary N) is 1. The molecule has 1 aromatic heterocycles. The zero-order chi connectivity index (χ0) is 13.3. The summed E-state index contributed by atoms with van der Waals surface area (Å²) in [6, 6.07) is 0.260. The molecule has 6 heteroatoms. The van der Waals surface area contributed by atoms with E-state index >= 15 is 0 Å². The molecule has 3 rings (SSSR count). The van der Waals surface area contributed by atoms with Crippen LogP contribution in [0.3, 0.4) is 0 Å². The van der Waals surface area contributed by atoms with Gasteiger partial charge in [0.25, 0.3) is 0 Å². The van der Waals surface area contributed by atoms with E-state index in [-0.39, 0.29) is 17.6 Å². The van der Waals surface area contributed by atoms with Gasteiger partial charge in [-0.05, 0) is 26.3 Å². The monoisotopic (exact) mass is 267 g/mol. The van der Waals surface area contributed by atoms with Gasteiger partial charge in [0.2, 0.25) is 11.7 Å². The van der Waals surface area contributed by atoms with E-state index in [1.165, 1.54) is 0 Å². The average Bonchev–Trinajstić information content (AvgIpc) is 3.08. The first-order valence-corrected chi connectivity index (χ1v) is 7.02. The molecule has 3 unspecified atom stereocenters. The van der Waals surface area contributed by atoms with Gasteiger partial charge >= 0.3 is 0 Å². The number of hydrogen-bond donors (Lipinski definition) is 1. The number of hydrogen-bond acceptors (Lipinski definition) is 6. The lowest BCUT2D eigenvalue weighted by Gasteiger charge is -2.18. The van der Waals surface area contributed by atoms with Crippen LogP contribution in [0.1, 0.15) is 44.3 Å². The Morgan fingerprint density at radius 3 is 3.05 bits per heavy atom. The van der Waals surface area contributed by atoms with E-state index in [4.69, 9.17) is 14.0 Å². The van der Waals surface area contributed by atoms with Crippen molar-refractivity contribution in [3.8, 4) is 0 Å². The van der Waals surface area contributed by atoms with Gasteiger partial charge in [-0.1, -0.05) is 12.1 Å². The largest absolute Gasteiger partial charge is 0.379 e. The van der Waals surface area contributed by atoms with E-state index < -0.39 is 0 Å². The minimum atomic E-state index is -0.380. The van der Waals surface area contributed by atoms with Crippen LogP contribution in [0.25, 0.3) is 0 Å². The summed E-state index contributed by atoms with van der Waals surface area (Å²) in [7, 11) is 0. The van der Waals surface area contributed by atoms with Gasteiger partial charge in [0, 0.05) is 12.6 Å². The van der Waals surface area contributed by atoms with E-state index in [0.717, 1.165) is 26.0 Å². The van der Waals surface area contributed by atoms with Crippen molar-refractivity contribution in [2.75, 3.05) is 26.4 Å². The van der Waals surface area contributed by atoms with E-state index in [1.54, 1.807) is 0 Å². The molecule has 0 spiro atoms. The van der Waals surface area contributed by atoms with Gasteiger partial charge < -0.3 is 19.3 Å². The Kier molecular flexibility index (Phi) is 3.56. The van der Waals surface area contributed by atoms with Gasteiger partial charge in [-0.3, -0.25) is 0 Å². The molecular formula is C13H21N3O3. The molecule has 2 aliphatic heterocycles. The maximum absolute atomic E-state index is 5.74. The van der Waals surface area contributed by atoms with Crippen molar-refractivity contribution in [1.82, 2.24) is 15.5 Å². The molecule has 106 valence electrons. The van der Waals surface area contributed by atoms with Gasteiger partial charge in [-0.25, -0.2) is 0 Å². The van der Waals surface area contributed by atoms with Crippen LogP contribution in [0.5, 0.6) is 0 Å². The molecule has 1 aromatic rings. The average molecular weight is 267 g/mol. The summed E-state index contributed by atoms with van der Waals surface area (Å²) in [5, 5.41) is 7.51. The summed E-state index contributed by atoms with van der Waals surface area (Å²) in [6.45, 7) is 7.13. The van der Waals surface area contributed by atoms with Crippen molar-refractivity contribution in [2.24, 2.45) is 0 Å². The summed E-state index contributed by atoms with van der Waals surface area (Å²) < 4.78 is 16.7. The predicted molar refractivity (Wildman–Crippen MR) is 67.9 cm³/mol. The molecule has 0 aromatic carbocycles. The molecule has 0 aliphatic carbocycles. The Balaban J connectivity index is 1.77. The Morgan fingerprint density at radius 1 is 1.42 bits per heavy atom. The zero-order valence-corrected chi connectivity index (χ0v) is 11.5.